The average Bonchev–Trinajstić information content (AvgIpc) is 3.17. The van der Waals surface area contributed by atoms with Crippen LogP contribution < -0.4 is 5.32 Å². The van der Waals surface area contributed by atoms with Crippen LogP contribution >= 0.6 is 0 Å². The number of amides is 2. The smallest absolute Gasteiger partial charge is 0.322 e. The molecular formula is C19H25N3O2. The molecule has 1 N–H and O–H groups in total. The van der Waals surface area contributed by atoms with E-state index >= 15 is 0 Å². The van der Waals surface area contributed by atoms with Gasteiger partial charge in [-0.1, -0.05) is 24.2 Å². The fourth-order valence-corrected chi connectivity index (χ4v) is 3.49. The standard InChI is InChI=1S/C19H25N3O2/c1-5-17-18(14(4)21-24-17)16-10-7-11-22(16)19(23)20-15-9-6-8-12(2)13(15)3/h6,8-9,16H,5,7,10-11H2,1-4H3,(H,20,23)/t16-/m1/s1. The second kappa shape index (κ2) is 6.67. The summed E-state index contributed by atoms with van der Waals surface area (Å²) in [6.45, 7) is 8.86. The van der Waals surface area contributed by atoms with Crippen molar-refractivity contribution in [2.75, 3.05) is 11.9 Å². The van der Waals surface area contributed by atoms with Crippen molar-refractivity contribution in [1.82, 2.24) is 10.1 Å². The highest BCUT2D eigenvalue weighted by atomic mass is 16.5. The molecule has 2 heterocycles. The zero-order chi connectivity index (χ0) is 17.3. The van der Waals surface area contributed by atoms with Crippen LogP contribution in [0, 0.1) is 20.8 Å². The second-order valence-corrected chi connectivity index (χ2v) is 6.49. The third-order valence-corrected chi connectivity index (χ3v) is 5.00. The fourth-order valence-electron chi connectivity index (χ4n) is 3.49. The van der Waals surface area contributed by atoms with Gasteiger partial charge in [-0.2, -0.15) is 0 Å². The van der Waals surface area contributed by atoms with Crippen LogP contribution in [-0.2, 0) is 6.42 Å². The highest BCUT2D eigenvalue weighted by molar-refractivity contribution is 5.90. The van der Waals surface area contributed by atoms with E-state index in [4.69, 9.17) is 4.52 Å². The van der Waals surface area contributed by atoms with E-state index in [2.05, 4.69) is 30.4 Å². The number of aromatic nitrogens is 1. The Labute approximate surface area is 143 Å². The van der Waals surface area contributed by atoms with E-state index < -0.39 is 0 Å². The highest BCUT2D eigenvalue weighted by Gasteiger charge is 2.34. The Morgan fingerprint density at radius 2 is 2.17 bits per heavy atom. The Hall–Kier alpha value is -2.30. The van der Waals surface area contributed by atoms with Gasteiger partial charge in [0.05, 0.1) is 11.7 Å². The van der Waals surface area contributed by atoms with Gasteiger partial charge in [0.2, 0.25) is 0 Å². The molecule has 0 spiro atoms. The normalized spacial score (nSPS) is 17.3. The third kappa shape index (κ3) is 2.90. The van der Waals surface area contributed by atoms with Crippen LogP contribution in [0.4, 0.5) is 10.5 Å². The summed E-state index contributed by atoms with van der Waals surface area (Å²) in [5, 5.41) is 7.18. The number of carbonyl (C=O) groups is 1. The first kappa shape index (κ1) is 16.6. The lowest BCUT2D eigenvalue weighted by molar-refractivity contribution is 0.206. The van der Waals surface area contributed by atoms with Crippen molar-refractivity contribution in [2.24, 2.45) is 0 Å². The maximum atomic E-state index is 12.9. The van der Waals surface area contributed by atoms with Crippen LogP contribution in [0.5, 0.6) is 0 Å². The molecule has 1 atom stereocenters. The molecule has 0 unspecified atom stereocenters. The topological polar surface area (TPSA) is 58.4 Å². The molecular weight excluding hydrogens is 302 g/mol. The number of hydrogen-bond donors (Lipinski definition) is 1. The molecule has 1 aromatic heterocycles. The first-order valence-electron chi connectivity index (χ1n) is 8.61. The molecule has 2 amide bonds. The molecule has 1 aromatic carbocycles. The first-order chi connectivity index (χ1) is 11.5. The molecule has 0 radical (unpaired) electrons. The Morgan fingerprint density at radius 3 is 2.92 bits per heavy atom. The van der Waals surface area contributed by atoms with E-state index in [1.807, 2.05) is 30.9 Å². The van der Waals surface area contributed by atoms with Gasteiger partial charge in [0.15, 0.2) is 0 Å². The Balaban J connectivity index is 1.84. The molecule has 2 aromatic rings. The third-order valence-electron chi connectivity index (χ3n) is 5.00. The van der Waals surface area contributed by atoms with Gasteiger partial charge in [-0.25, -0.2) is 4.79 Å². The lowest BCUT2D eigenvalue weighted by Crippen LogP contribution is -2.35. The predicted octanol–water partition coefficient (Wildman–Crippen LogP) is 4.53. The fraction of sp³-hybridized carbons (Fsp3) is 0.474. The number of nitrogens with zero attached hydrogens (tertiary/aromatic N) is 2. The molecule has 1 aliphatic rings. The van der Waals surface area contributed by atoms with Crippen LogP contribution in [0.15, 0.2) is 22.7 Å². The maximum absolute atomic E-state index is 12.9. The number of likely N-dealkylation sites (tertiary alicyclic amines) is 1. The Bertz CT molecular complexity index is 751. The molecule has 1 saturated heterocycles. The van der Waals surface area contributed by atoms with Gasteiger partial charge in [-0.05, 0) is 50.8 Å². The maximum Gasteiger partial charge on any atom is 0.322 e. The summed E-state index contributed by atoms with van der Waals surface area (Å²) >= 11 is 0. The number of urea groups is 1. The van der Waals surface area contributed by atoms with Gasteiger partial charge in [0.1, 0.15) is 5.76 Å². The molecule has 3 rings (SSSR count). The van der Waals surface area contributed by atoms with Gasteiger partial charge in [-0.15, -0.1) is 0 Å². The zero-order valence-corrected chi connectivity index (χ0v) is 14.8. The van der Waals surface area contributed by atoms with Crippen molar-refractivity contribution in [3.05, 3.63) is 46.3 Å². The van der Waals surface area contributed by atoms with Crippen LogP contribution in [0.25, 0.3) is 0 Å². The molecule has 24 heavy (non-hydrogen) atoms. The van der Waals surface area contributed by atoms with Crippen molar-refractivity contribution in [1.29, 1.82) is 0 Å². The SMILES string of the molecule is CCc1onc(C)c1[C@H]1CCCN1C(=O)Nc1cccc(C)c1C. The molecule has 5 nitrogen and oxygen atoms in total. The lowest BCUT2D eigenvalue weighted by Gasteiger charge is -2.25. The summed E-state index contributed by atoms with van der Waals surface area (Å²) in [6, 6.07) is 5.98. The Kier molecular flexibility index (Phi) is 4.60. The lowest BCUT2D eigenvalue weighted by atomic mass is 10.0. The summed E-state index contributed by atoms with van der Waals surface area (Å²) in [5.74, 6) is 0.893. The second-order valence-electron chi connectivity index (χ2n) is 6.49. The molecule has 5 heteroatoms. The van der Waals surface area contributed by atoms with E-state index in [1.165, 1.54) is 5.56 Å². The Morgan fingerprint density at radius 1 is 1.38 bits per heavy atom. The van der Waals surface area contributed by atoms with E-state index in [9.17, 15) is 4.79 Å². The molecule has 0 saturated carbocycles. The molecule has 0 aliphatic carbocycles. The number of rotatable bonds is 3. The number of aryl methyl sites for hydroxylation is 3. The number of carbonyl (C=O) groups excluding carboxylic acids is 1. The number of anilines is 1. The summed E-state index contributed by atoms with van der Waals surface area (Å²) in [6.07, 6.45) is 2.74. The van der Waals surface area contributed by atoms with Crippen molar-refractivity contribution >= 4 is 11.7 Å². The summed E-state index contributed by atoms with van der Waals surface area (Å²) in [5.41, 5.74) is 5.14. The minimum atomic E-state index is -0.0474. The largest absolute Gasteiger partial charge is 0.361 e. The van der Waals surface area contributed by atoms with Crippen LogP contribution in [0.2, 0.25) is 0 Å². The summed E-state index contributed by atoms with van der Waals surface area (Å²) in [4.78, 5) is 14.8. The van der Waals surface area contributed by atoms with Crippen molar-refractivity contribution in [3.8, 4) is 0 Å². The first-order valence-corrected chi connectivity index (χ1v) is 8.61. The highest BCUT2D eigenvalue weighted by Crippen LogP contribution is 2.36. The van der Waals surface area contributed by atoms with Gasteiger partial charge in [0, 0.05) is 24.2 Å². The quantitative estimate of drug-likeness (QED) is 0.901. The van der Waals surface area contributed by atoms with E-state index in [0.29, 0.717) is 0 Å². The summed E-state index contributed by atoms with van der Waals surface area (Å²) in [7, 11) is 0. The summed E-state index contributed by atoms with van der Waals surface area (Å²) < 4.78 is 5.43. The minimum absolute atomic E-state index is 0.0474. The van der Waals surface area contributed by atoms with Crippen molar-refractivity contribution in [2.45, 2.75) is 53.0 Å². The predicted molar refractivity (Wildman–Crippen MR) is 94.2 cm³/mol. The van der Waals surface area contributed by atoms with E-state index in [1.54, 1.807) is 0 Å². The average molecular weight is 327 g/mol. The van der Waals surface area contributed by atoms with Crippen molar-refractivity contribution in [3.63, 3.8) is 0 Å². The van der Waals surface area contributed by atoms with Gasteiger partial charge >= 0.3 is 6.03 Å². The zero-order valence-electron chi connectivity index (χ0n) is 14.8. The van der Waals surface area contributed by atoms with E-state index in [0.717, 1.165) is 54.1 Å². The number of nitrogens with one attached hydrogen (secondary N) is 1. The van der Waals surface area contributed by atoms with Crippen molar-refractivity contribution < 1.29 is 9.32 Å². The van der Waals surface area contributed by atoms with Crippen LogP contribution in [0.1, 0.15) is 54.0 Å². The number of benzene rings is 1. The monoisotopic (exact) mass is 327 g/mol. The van der Waals surface area contributed by atoms with E-state index in [-0.39, 0.29) is 12.1 Å². The molecule has 1 aliphatic heterocycles. The van der Waals surface area contributed by atoms with Crippen LogP contribution in [0.3, 0.4) is 0 Å². The van der Waals surface area contributed by atoms with Gasteiger partial charge in [0.25, 0.3) is 0 Å². The number of hydrogen-bond acceptors (Lipinski definition) is 3. The molecule has 128 valence electrons. The van der Waals surface area contributed by atoms with Crippen LogP contribution in [-0.4, -0.2) is 22.6 Å². The van der Waals surface area contributed by atoms with Gasteiger partial charge < -0.3 is 14.7 Å². The van der Waals surface area contributed by atoms with Gasteiger partial charge in [-0.3, -0.25) is 0 Å². The minimum Gasteiger partial charge on any atom is -0.361 e. The molecule has 0 bridgehead atoms. The molecule has 1 fully saturated rings.